The van der Waals surface area contributed by atoms with Crippen LogP contribution in [0.3, 0.4) is 0 Å². The van der Waals surface area contributed by atoms with Crippen molar-refractivity contribution in [2.75, 3.05) is 18.4 Å². The average Bonchev–Trinajstić information content (AvgIpc) is 3.26. The summed E-state index contributed by atoms with van der Waals surface area (Å²) in [6, 6.07) is 9.71. The molecule has 0 unspecified atom stereocenters. The van der Waals surface area contributed by atoms with Crippen LogP contribution in [0.25, 0.3) is 15.8 Å². The number of fused-ring (bicyclic) bond motifs is 1. The molecule has 1 fully saturated rings. The van der Waals surface area contributed by atoms with E-state index in [2.05, 4.69) is 15.3 Å². The minimum atomic E-state index is -0.507. The Bertz CT molecular complexity index is 1300. The van der Waals surface area contributed by atoms with Gasteiger partial charge in [0.2, 0.25) is 0 Å². The molecular formula is C28H34N4O4S. The van der Waals surface area contributed by atoms with Gasteiger partial charge in [-0.3, -0.25) is 4.98 Å². The van der Waals surface area contributed by atoms with E-state index in [1.165, 1.54) is 0 Å². The molecule has 1 aliphatic heterocycles. The monoisotopic (exact) mass is 522 g/mol. The topological polar surface area (TPSA) is 96.8 Å². The van der Waals surface area contributed by atoms with E-state index in [0.717, 1.165) is 58.0 Å². The summed E-state index contributed by atoms with van der Waals surface area (Å²) in [6.07, 6.45) is 7.88. The number of aliphatic hydroxyl groups excluding tert-OH is 1. The predicted molar refractivity (Wildman–Crippen MR) is 146 cm³/mol. The number of amides is 1. The number of nitrogens with zero attached hydrogens (tertiary/aromatic N) is 3. The second-order valence-electron chi connectivity index (χ2n) is 10.6. The first-order chi connectivity index (χ1) is 17.7. The van der Waals surface area contributed by atoms with E-state index in [9.17, 15) is 9.90 Å². The van der Waals surface area contributed by atoms with Crippen LogP contribution >= 0.6 is 11.3 Å². The molecule has 2 aliphatic rings. The molecule has 2 atom stereocenters. The molecule has 9 heteroatoms. The Morgan fingerprint density at radius 2 is 1.97 bits per heavy atom. The zero-order chi connectivity index (χ0) is 26.0. The summed E-state index contributed by atoms with van der Waals surface area (Å²) in [5.41, 5.74) is 2.33. The number of anilines is 1. The highest BCUT2D eigenvalue weighted by Crippen LogP contribution is 2.33. The van der Waals surface area contributed by atoms with Gasteiger partial charge in [0, 0.05) is 31.4 Å². The van der Waals surface area contributed by atoms with Crippen LogP contribution in [0.2, 0.25) is 0 Å². The van der Waals surface area contributed by atoms with Gasteiger partial charge in [0.1, 0.15) is 17.1 Å². The summed E-state index contributed by atoms with van der Waals surface area (Å²) in [5, 5.41) is 14.5. The van der Waals surface area contributed by atoms with E-state index in [1.807, 2.05) is 57.2 Å². The number of hydrogen-bond donors (Lipinski definition) is 2. The van der Waals surface area contributed by atoms with Crippen LogP contribution in [0.5, 0.6) is 11.5 Å². The Morgan fingerprint density at radius 3 is 2.73 bits per heavy atom. The highest BCUT2D eigenvalue weighted by molar-refractivity contribution is 7.22. The molecule has 3 heterocycles. The number of carbonyl (C=O) groups excluding carboxylic acids is 1. The number of ether oxygens (including phenoxy) is 2. The van der Waals surface area contributed by atoms with Crippen LogP contribution in [0, 0.1) is 0 Å². The third kappa shape index (κ3) is 6.40. The molecular weight excluding hydrogens is 488 g/mol. The van der Waals surface area contributed by atoms with Crippen molar-refractivity contribution in [2.24, 2.45) is 0 Å². The Kier molecular flexibility index (Phi) is 7.35. The quantitative estimate of drug-likeness (QED) is 0.410. The highest BCUT2D eigenvalue weighted by atomic mass is 32.1. The third-order valence-corrected chi connectivity index (χ3v) is 7.50. The van der Waals surface area contributed by atoms with Crippen LogP contribution in [0.15, 0.2) is 42.6 Å². The Balaban J connectivity index is 1.24. The van der Waals surface area contributed by atoms with Gasteiger partial charge in [-0.25, -0.2) is 9.78 Å². The first-order valence-electron chi connectivity index (χ1n) is 12.9. The standard InChI is InChI=1S/C28H34N4O4S/c1-28(2,3)36-27(34)32-14-11-18(12-15-32)23-16-20(10-13-29-23)35-19-8-9-22-25(17-19)37-26(31-22)30-21-6-4-5-7-24(21)33/h8-11,13,16-17,21,24,33H,4-7,12,14-15H2,1-3H3,(H,30,31)/t21-,24-/m1/s1. The molecule has 0 saturated heterocycles. The van der Waals surface area contributed by atoms with Gasteiger partial charge in [-0.1, -0.05) is 30.3 Å². The number of nitrogens with one attached hydrogen (secondary N) is 1. The lowest BCUT2D eigenvalue weighted by atomic mass is 9.93. The van der Waals surface area contributed by atoms with Crippen molar-refractivity contribution in [2.45, 2.75) is 70.6 Å². The second-order valence-corrected chi connectivity index (χ2v) is 11.7. The first kappa shape index (κ1) is 25.5. The van der Waals surface area contributed by atoms with Crippen LogP contribution < -0.4 is 10.1 Å². The molecule has 1 amide bonds. The van der Waals surface area contributed by atoms with Crippen molar-refractivity contribution >= 4 is 38.4 Å². The van der Waals surface area contributed by atoms with Gasteiger partial charge >= 0.3 is 6.09 Å². The summed E-state index contributed by atoms with van der Waals surface area (Å²) >= 11 is 1.57. The van der Waals surface area contributed by atoms with Gasteiger partial charge in [-0.2, -0.15) is 0 Å². The van der Waals surface area contributed by atoms with Gasteiger partial charge in [-0.05, 0) is 63.8 Å². The number of rotatable bonds is 5. The lowest BCUT2D eigenvalue weighted by Gasteiger charge is -2.29. The van der Waals surface area contributed by atoms with Crippen molar-refractivity contribution in [3.8, 4) is 11.5 Å². The van der Waals surface area contributed by atoms with E-state index >= 15 is 0 Å². The Morgan fingerprint density at radius 1 is 1.16 bits per heavy atom. The summed E-state index contributed by atoms with van der Waals surface area (Å²) in [6.45, 7) is 6.70. The maximum absolute atomic E-state index is 12.3. The molecule has 0 radical (unpaired) electrons. The predicted octanol–water partition coefficient (Wildman–Crippen LogP) is 6.22. The number of pyridine rings is 1. The summed E-state index contributed by atoms with van der Waals surface area (Å²) < 4.78 is 12.7. The maximum Gasteiger partial charge on any atom is 0.410 e. The van der Waals surface area contributed by atoms with E-state index < -0.39 is 5.60 Å². The number of hydrogen-bond acceptors (Lipinski definition) is 8. The first-order valence-corrected chi connectivity index (χ1v) is 13.7. The number of carbonyl (C=O) groups is 1. The summed E-state index contributed by atoms with van der Waals surface area (Å²) in [4.78, 5) is 23.3. The van der Waals surface area contributed by atoms with Crippen LogP contribution in [-0.2, 0) is 4.74 Å². The van der Waals surface area contributed by atoms with Crippen LogP contribution in [0.1, 0.15) is 58.6 Å². The number of benzene rings is 1. The number of thiazole rings is 1. The molecule has 5 rings (SSSR count). The van der Waals surface area contributed by atoms with Crippen molar-refractivity contribution < 1.29 is 19.4 Å². The third-order valence-electron chi connectivity index (χ3n) is 6.56. The SMILES string of the molecule is CC(C)(C)OC(=O)N1CC=C(c2cc(Oc3ccc4nc(N[C@@H]5CCCC[C@H]5O)sc4c3)ccn2)CC1. The minimum Gasteiger partial charge on any atom is -0.457 e. The summed E-state index contributed by atoms with van der Waals surface area (Å²) in [7, 11) is 0. The lowest BCUT2D eigenvalue weighted by molar-refractivity contribution is 0.0270. The Hall–Kier alpha value is -3.17. The second kappa shape index (κ2) is 10.7. The molecule has 0 bridgehead atoms. The Labute approximate surface area is 221 Å². The molecule has 0 spiro atoms. The zero-order valence-electron chi connectivity index (χ0n) is 21.6. The van der Waals surface area contributed by atoms with Gasteiger partial charge in [0.25, 0.3) is 0 Å². The molecule has 2 aromatic heterocycles. The zero-order valence-corrected chi connectivity index (χ0v) is 22.4. The molecule has 2 N–H and O–H groups in total. The molecule has 8 nitrogen and oxygen atoms in total. The number of aromatic nitrogens is 2. The largest absolute Gasteiger partial charge is 0.457 e. The van der Waals surface area contributed by atoms with Crippen molar-refractivity contribution in [1.29, 1.82) is 0 Å². The van der Waals surface area contributed by atoms with E-state index in [4.69, 9.17) is 9.47 Å². The fourth-order valence-corrected chi connectivity index (χ4v) is 5.60. The van der Waals surface area contributed by atoms with Gasteiger partial charge in [-0.15, -0.1) is 0 Å². The van der Waals surface area contributed by atoms with E-state index in [-0.39, 0.29) is 18.2 Å². The molecule has 1 aromatic carbocycles. The summed E-state index contributed by atoms with van der Waals surface area (Å²) in [5.74, 6) is 1.43. The van der Waals surface area contributed by atoms with Gasteiger partial charge in [0.05, 0.1) is 28.1 Å². The van der Waals surface area contributed by atoms with Crippen molar-refractivity contribution in [1.82, 2.24) is 14.9 Å². The fraction of sp³-hybridized carbons (Fsp3) is 0.464. The molecule has 1 aliphatic carbocycles. The fourth-order valence-electron chi connectivity index (χ4n) is 4.65. The van der Waals surface area contributed by atoms with Crippen LogP contribution in [-0.4, -0.2) is 56.9 Å². The van der Waals surface area contributed by atoms with E-state index in [1.54, 1.807) is 22.4 Å². The molecule has 1 saturated carbocycles. The van der Waals surface area contributed by atoms with Gasteiger partial charge < -0.3 is 24.8 Å². The molecule has 37 heavy (non-hydrogen) atoms. The normalized spacial score (nSPS) is 20.4. The lowest BCUT2D eigenvalue weighted by Crippen LogP contribution is -2.39. The van der Waals surface area contributed by atoms with Crippen molar-refractivity contribution in [3.05, 3.63) is 48.3 Å². The average molecular weight is 523 g/mol. The molecule has 3 aromatic rings. The smallest absolute Gasteiger partial charge is 0.410 e. The molecule has 196 valence electrons. The maximum atomic E-state index is 12.3. The number of aliphatic hydroxyl groups is 1. The highest BCUT2D eigenvalue weighted by Gasteiger charge is 2.25. The van der Waals surface area contributed by atoms with Gasteiger partial charge in [0.15, 0.2) is 5.13 Å². The van der Waals surface area contributed by atoms with E-state index in [0.29, 0.717) is 25.3 Å². The van der Waals surface area contributed by atoms with Crippen molar-refractivity contribution in [3.63, 3.8) is 0 Å². The van der Waals surface area contributed by atoms with Crippen LogP contribution in [0.4, 0.5) is 9.93 Å². The minimum absolute atomic E-state index is 0.0607.